The van der Waals surface area contributed by atoms with Crippen molar-refractivity contribution >= 4 is 40.4 Å². The molecule has 3 aromatic heterocycles. The highest BCUT2D eigenvalue weighted by Gasteiger charge is 2.20. The Bertz CT molecular complexity index is 1940. The fourth-order valence-electron chi connectivity index (χ4n) is 5.28. The molecule has 12 heteroatoms. The van der Waals surface area contributed by atoms with E-state index in [4.69, 9.17) is 9.47 Å². The molecule has 0 atom stereocenters. The minimum Gasteiger partial charge on any atom is -0.450 e. The molecule has 0 saturated heterocycles. The Kier molecular flexibility index (Phi) is 10.4. The highest BCUT2D eigenvalue weighted by atomic mass is 16.6. The zero-order chi connectivity index (χ0) is 33.3. The summed E-state index contributed by atoms with van der Waals surface area (Å²) in [5, 5.41) is 7.86. The molecule has 47 heavy (non-hydrogen) atoms. The van der Waals surface area contributed by atoms with Crippen LogP contribution in [0.25, 0.3) is 10.8 Å². The first-order chi connectivity index (χ1) is 22.8. The van der Waals surface area contributed by atoms with E-state index in [0.717, 1.165) is 38.6 Å². The van der Waals surface area contributed by atoms with Crippen LogP contribution in [-0.4, -0.2) is 44.9 Å². The summed E-state index contributed by atoms with van der Waals surface area (Å²) < 4.78 is 12.0. The summed E-state index contributed by atoms with van der Waals surface area (Å²) in [6.07, 6.45) is 3.73. The zero-order valence-corrected chi connectivity index (χ0v) is 26.8. The maximum atomic E-state index is 13.1. The molecular formula is C35H37N7O5. The second kappa shape index (κ2) is 15.0. The fraction of sp³-hybridized carbons (Fsp3) is 0.257. The third-order valence-corrected chi connectivity index (χ3v) is 7.66. The van der Waals surface area contributed by atoms with Gasteiger partial charge in [-0.3, -0.25) is 15.0 Å². The van der Waals surface area contributed by atoms with E-state index in [1.165, 1.54) is 17.3 Å². The number of hydrogen-bond donors (Lipinski definition) is 2. The molecule has 0 saturated carbocycles. The third kappa shape index (κ3) is 7.90. The Morgan fingerprint density at radius 1 is 0.894 bits per heavy atom. The van der Waals surface area contributed by atoms with Crippen LogP contribution in [0.4, 0.5) is 27.0 Å². The number of fused-ring (bicyclic) bond motifs is 1. The van der Waals surface area contributed by atoms with E-state index in [0.29, 0.717) is 30.5 Å². The summed E-state index contributed by atoms with van der Waals surface area (Å²) in [5.41, 5.74) is 4.85. The van der Waals surface area contributed by atoms with E-state index in [1.54, 1.807) is 42.9 Å². The Morgan fingerprint density at radius 2 is 1.66 bits per heavy atom. The maximum Gasteiger partial charge on any atom is 0.415 e. The van der Waals surface area contributed by atoms with Gasteiger partial charge in [-0.25, -0.2) is 24.5 Å². The van der Waals surface area contributed by atoms with Crippen molar-refractivity contribution in [3.05, 3.63) is 118 Å². The first kappa shape index (κ1) is 32.6. The molecule has 5 aromatic rings. The van der Waals surface area contributed by atoms with Crippen molar-refractivity contribution in [2.24, 2.45) is 0 Å². The van der Waals surface area contributed by atoms with Gasteiger partial charge in [0.05, 0.1) is 26.3 Å². The van der Waals surface area contributed by atoms with Crippen LogP contribution in [-0.2, 0) is 29.1 Å². The number of nitrogens with one attached hydrogen (secondary N) is 2. The molecule has 0 aliphatic rings. The number of aromatic nitrogens is 4. The van der Waals surface area contributed by atoms with Gasteiger partial charge in [-0.2, -0.15) is 0 Å². The third-order valence-electron chi connectivity index (χ3n) is 7.66. The summed E-state index contributed by atoms with van der Waals surface area (Å²) in [6.45, 7) is 9.13. The lowest BCUT2D eigenvalue weighted by molar-refractivity contribution is 0.159. The van der Waals surface area contributed by atoms with Crippen LogP contribution in [0.1, 0.15) is 41.7 Å². The topological polar surface area (TPSA) is 141 Å². The number of ether oxygens (including phenoxy) is 2. The van der Waals surface area contributed by atoms with Crippen LogP contribution >= 0.6 is 0 Å². The van der Waals surface area contributed by atoms with Crippen LogP contribution in [0.3, 0.4) is 0 Å². The molecule has 0 bridgehead atoms. The molecule has 0 radical (unpaired) electrons. The van der Waals surface area contributed by atoms with Crippen molar-refractivity contribution in [2.45, 2.75) is 47.3 Å². The lowest BCUT2D eigenvalue weighted by Crippen LogP contribution is -2.32. The Hall–Kier alpha value is -5.78. The van der Waals surface area contributed by atoms with Crippen molar-refractivity contribution < 1.29 is 19.1 Å². The number of carbonyl (C=O) groups excluding carboxylic acids is 2. The van der Waals surface area contributed by atoms with Gasteiger partial charge >= 0.3 is 12.2 Å². The number of anilines is 3. The molecule has 242 valence electrons. The van der Waals surface area contributed by atoms with E-state index in [-0.39, 0.29) is 25.3 Å². The Morgan fingerprint density at radius 3 is 2.40 bits per heavy atom. The Labute approximate surface area is 272 Å². The van der Waals surface area contributed by atoms with Gasteiger partial charge in [0.1, 0.15) is 23.8 Å². The number of aryl methyl sites for hydroxylation is 2. The van der Waals surface area contributed by atoms with Crippen molar-refractivity contribution in [3.63, 3.8) is 0 Å². The number of benzene rings is 2. The number of rotatable bonds is 11. The largest absolute Gasteiger partial charge is 0.450 e. The van der Waals surface area contributed by atoms with Gasteiger partial charge in [-0.15, -0.1) is 0 Å². The second-order valence-corrected chi connectivity index (χ2v) is 10.8. The minimum absolute atomic E-state index is 0.0704. The Balaban J connectivity index is 1.33. The van der Waals surface area contributed by atoms with E-state index in [1.807, 2.05) is 56.3 Å². The quantitative estimate of drug-likeness (QED) is 0.174. The van der Waals surface area contributed by atoms with Crippen LogP contribution in [0.5, 0.6) is 0 Å². The second-order valence-electron chi connectivity index (χ2n) is 10.8. The molecule has 0 aliphatic carbocycles. The predicted molar refractivity (Wildman–Crippen MR) is 181 cm³/mol. The SMILES string of the molecule is CCOC(=O)Nc1nccc2c(C)c(CNc3cc(N(Cc4ccc(Cn5ccccc5=O)cc4)C(=O)OCC)ncn3)c(C)cc12. The summed E-state index contributed by atoms with van der Waals surface area (Å²) >= 11 is 0. The molecule has 0 fully saturated rings. The average Bonchev–Trinajstić information content (AvgIpc) is 3.06. The number of hydrogen-bond acceptors (Lipinski definition) is 9. The van der Waals surface area contributed by atoms with Crippen molar-refractivity contribution in [1.82, 2.24) is 19.5 Å². The minimum atomic E-state index is -0.553. The number of pyridine rings is 2. The number of nitrogens with zero attached hydrogens (tertiary/aromatic N) is 5. The van der Waals surface area contributed by atoms with Crippen LogP contribution < -0.4 is 21.1 Å². The summed E-state index contributed by atoms with van der Waals surface area (Å²) in [5.74, 6) is 1.35. The summed E-state index contributed by atoms with van der Waals surface area (Å²) in [6, 6.07) is 18.4. The summed E-state index contributed by atoms with van der Waals surface area (Å²) in [7, 11) is 0. The van der Waals surface area contributed by atoms with Gasteiger partial charge in [0, 0.05) is 36.5 Å². The molecule has 2 amide bonds. The summed E-state index contributed by atoms with van der Waals surface area (Å²) in [4.78, 5) is 51.8. The van der Waals surface area contributed by atoms with E-state index < -0.39 is 12.2 Å². The molecular weight excluding hydrogens is 598 g/mol. The lowest BCUT2D eigenvalue weighted by atomic mass is 9.96. The fourth-order valence-corrected chi connectivity index (χ4v) is 5.28. The van der Waals surface area contributed by atoms with Gasteiger partial charge in [0.25, 0.3) is 5.56 Å². The molecule has 2 aromatic carbocycles. The van der Waals surface area contributed by atoms with Crippen molar-refractivity contribution in [3.8, 4) is 0 Å². The molecule has 3 heterocycles. The van der Waals surface area contributed by atoms with Gasteiger partial charge in [-0.1, -0.05) is 30.3 Å². The molecule has 5 rings (SSSR count). The van der Waals surface area contributed by atoms with Crippen LogP contribution in [0, 0.1) is 13.8 Å². The molecule has 0 spiro atoms. The highest BCUT2D eigenvalue weighted by molar-refractivity contribution is 6.00. The van der Waals surface area contributed by atoms with Crippen LogP contribution in [0.15, 0.2) is 84.2 Å². The highest BCUT2D eigenvalue weighted by Crippen LogP contribution is 2.30. The molecule has 0 aliphatic heterocycles. The predicted octanol–water partition coefficient (Wildman–Crippen LogP) is 6.20. The van der Waals surface area contributed by atoms with Gasteiger partial charge < -0.3 is 19.4 Å². The lowest BCUT2D eigenvalue weighted by Gasteiger charge is -2.22. The molecule has 12 nitrogen and oxygen atoms in total. The van der Waals surface area contributed by atoms with Gasteiger partial charge in [-0.05, 0) is 79.1 Å². The molecule has 0 unspecified atom stereocenters. The first-order valence-electron chi connectivity index (χ1n) is 15.3. The number of carbonyl (C=O) groups is 2. The standard InChI is InChI=1S/C35H37N7O5/c1-5-46-34(44)40-33-28-17-23(3)29(24(4)27(28)14-15-36-33)19-37-30-18-31(39-22-38-30)42(35(45)47-6-2)21-26-12-10-25(11-13-26)20-41-16-8-7-9-32(41)43/h7-18,22H,5-6,19-21H2,1-4H3,(H,36,40,44)(H,37,38,39). The number of amides is 2. The van der Waals surface area contributed by atoms with Crippen molar-refractivity contribution in [2.75, 3.05) is 28.7 Å². The van der Waals surface area contributed by atoms with Crippen LogP contribution in [0.2, 0.25) is 0 Å². The van der Waals surface area contributed by atoms with E-state index in [2.05, 4.69) is 25.6 Å². The normalized spacial score (nSPS) is 10.8. The molecule has 2 N–H and O–H groups in total. The maximum absolute atomic E-state index is 13.1. The van der Waals surface area contributed by atoms with Gasteiger partial charge in [0.15, 0.2) is 0 Å². The average molecular weight is 636 g/mol. The van der Waals surface area contributed by atoms with E-state index in [9.17, 15) is 14.4 Å². The monoisotopic (exact) mass is 635 g/mol. The smallest absolute Gasteiger partial charge is 0.415 e. The van der Waals surface area contributed by atoms with E-state index >= 15 is 0 Å². The van der Waals surface area contributed by atoms with Crippen molar-refractivity contribution in [1.29, 1.82) is 0 Å². The zero-order valence-electron chi connectivity index (χ0n) is 26.8. The first-order valence-corrected chi connectivity index (χ1v) is 15.3. The van der Waals surface area contributed by atoms with Gasteiger partial charge in [0.2, 0.25) is 0 Å².